The van der Waals surface area contributed by atoms with Gasteiger partial charge in [0.25, 0.3) is 0 Å². The minimum absolute atomic E-state index is 0.338. The zero-order valence-corrected chi connectivity index (χ0v) is 12.0. The number of hydrogen-bond donors (Lipinski definition) is 1. The molecular weight excluding hydrogens is 289 g/mol. The topological polar surface area (TPSA) is 26.0 Å². The van der Waals surface area contributed by atoms with Gasteiger partial charge in [-0.25, -0.2) is 0 Å². The highest BCUT2D eigenvalue weighted by molar-refractivity contribution is 6.33. The van der Waals surface area contributed by atoms with Gasteiger partial charge in [0.05, 0.1) is 6.04 Å². The van der Waals surface area contributed by atoms with Crippen LogP contribution in [-0.4, -0.2) is 0 Å². The quantitative estimate of drug-likeness (QED) is 0.829. The molecule has 0 aliphatic rings. The first-order valence-corrected chi connectivity index (χ1v) is 6.59. The average molecular weight is 301 g/mol. The summed E-state index contributed by atoms with van der Waals surface area (Å²) >= 11 is 18.2. The molecule has 0 aliphatic carbocycles. The van der Waals surface area contributed by atoms with E-state index >= 15 is 0 Å². The van der Waals surface area contributed by atoms with Gasteiger partial charge in [-0.05, 0) is 47.9 Å². The first-order chi connectivity index (χ1) is 8.50. The highest BCUT2D eigenvalue weighted by Crippen LogP contribution is 2.32. The van der Waals surface area contributed by atoms with Crippen LogP contribution in [0.3, 0.4) is 0 Å². The molecule has 0 radical (unpaired) electrons. The molecule has 0 saturated heterocycles. The maximum Gasteiger partial charge on any atom is 0.0570 e. The number of benzene rings is 2. The Bertz CT molecular complexity index is 579. The van der Waals surface area contributed by atoms with Crippen molar-refractivity contribution in [3.8, 4) is 0 Å². The fourth-order valence-electron chi connectivity index (χ4n) is 1.88. The van der Waals surface area contributed by atoms with Crippen molar-refractivity contribution in [2.24, 2.45) is 5.73 Å². The molecule has 4 heteroatoms. The summed E-state index contributed by atoms with van der Waals surface area (Å²) in [7, 11) is 0. The lowest BCUT2D eigenvalue weighted by atomic mass is 9.96. The van der Waals surface area contributed by atoms with Gasteiger partial charge in [-0.2, -0.15) is 0 Å². The molecule has 2 N–H and O–H groups in total. The third kappa shape index (κ3) is 2.65. The molecule has 0 spiro atoms. The third-order valence-electron chi connectivity index (χ3n) is 2.94. The van der Waals surface area contributed by atoms with Gasteiger partial charge in [-0.1, -0.05) is 46.9 Å². The molecule has 0 bridgehead atoms. The van der Waals surface area contributed by atoms with Crippen molar-refractivity contribution < 1.29 is 0 Å². The van der Waals surface area contributed by atoms with E-state index in [2.05, 4.69) is 0 Å². The van der Waals surface area contributed by atoms with Crippen LogP contribution in [0.1, 0.15) is 22.7 Å². The van der Waals surface area contributed by atoms with Crippen LogP contribution in [0.25, 0.3) is 0 Å². The lowest BCUT2D eigenvalue weighted by molar-refractivity contribution is 0.862. The summed E-state index contributed by atoms with van der Waals surface area (Å²) in [6.45, 7) is 1.94. The predicted molar refractivity (Wildman–Crippen MR) is 78.7 cm³/mol. The van der Waals surface area contributed by atoms with E-state index in [1.165, 1.54) is 0 Å². The SMILES string of the molecule is Cc1c(Cl)cccc1C(N)c1cc(Cl)ccc1Cl. The number of hydrogen-bond acceptors (Lipinski definition) is 1. The van der Waals surface area contributed by atoms with Crippen molar-refractivity contribution >= 4 is 34.8 Å². The van der Waals surface area contributed by atoms with Gasteiger partial charge in [-0.3, -0.25) is 0 Å². The molecule has 1 nitrogen and oxygen atoms in total. The number of nitrogens with two attached hydrogens (primary N) is 1. The Hall–Kier alpha value is -0.730. The molecule has 1 unspecified atom stereocenters. The third-order valence-corrected chi connectivity index (χ3v) is 3.93. The van der Waals surface area contributed by atoms with Gasteiger partial charge in [-0.15, -0.1) is 0 Å². The fourth-order valence-corrected chi connectivity index (χ4v) is 2.48. The summed E-state index contributed by atoms with van der Waals surface area (Å²) in [6.07, 6.45) is 0. The molecule has 2 aromatic rings. The van der Waals surface area contributed by atoms with Crippen molar-refractivity contribution in [2.45, 2.75) is 13.0 Å². The first kappa shape index (κ1) is 13.7. The van der Waals surface area contributed by atoms with Crippen LogP contribution in [0.5, 0.6) is 0 Å². The molecule has 0 fully saturated rings. The van der Waals surface area contributed by atoms with Crippen molar-refractivity contribution in [3.05, 3.63) is 68.2 Å². The zero-order chi connectivity index (χ0) is 13.3. The number of halogens is 3. The average Bonchev–Trinajstić information content (AvgIpc) is 2.35. The largest absolute Gasteiger partial charge is 0.320 e. The Balaban J connectivity index is 2.51. The Kier molecular flexibility index (Phi) is 4.18. The van der Waals surface area contributed by atoms with E-state index < -0.39 is 0 Å². The molecule has 18 heavy (non-hydrogen) atoms. The smallest absolute Gasteiger partial charge is 0.0570 e. The maximum absolute atomic E-state index is 6.25. The molecule has 0 amide bonds. The summed E-state index contributed by atoms with van der Waals surface area (Å²) in [5.41, 5.74) is 8.97. The van der Waals surface area contributed by atoms with Crippen molar-refractivity contribution in [3.63, 3.8) is 0 Å². The first-order valence-electron chi connectivity index (χ1n) is 5.46. The van der Waals surface area contributed by atoms with E-state index in [0.717, 1.165) is 16.7 Å². The van der Waals surface area contributed by atoms with Crippen LogP contribution in [-0.2, 0) is 0 Å². The molecule has 0 saturated carbocycles. The summed E-state index contributed by atoms with van der Waals surface area (Å²) in [4.78, 5) is 0. The Morgan fingerprint density at radius 2 is 1.67 bits per heavy atom. The van der Waals surface area contributed by atoms with Crippen LogP contribution >= 0.6 is 34.8 Å². The summed E-state index contributed by atoms with van der Waals surface area (Å²) in [5.74, 6) is 0. The van der Waals surface area contributed by atoms with Gasteiger partial charge in [0.1, 0.15) is 0 Å². The molecule has 2 rings (SSSR count). The van der Waals surface area contributed by atoms with Crippen molar-refractivity contribution in [1.29, 1.82) is 0 Å². The van der Waals surface area contributed by atoms with Crippen LogP contribution in [0.4, 0.5) is 0 Å². The standard InChI is InChI=1S/C14H12Cl3N/c1-8-10(3-2-4-12(8)16)14(18)11-7-9(15)5-6-13(11)17/h2-7,14H,18H2,1H3. The lowest BCUT2D eigenvalue weighted by Crippen LogP contribution is -2.14. The Labute approximate surface area is 121 Å². The maximum atomic E-state index is 6.25. The van der Waals surface area contributed by atoms with Gasteiger partial charge in [0.15, 0.2) is 0 Å². The number of rotatable bonds is 2. The van der Waals surface area contributed by atoms with Crippen LogP contribution < -0.4 is 5.73 Å². The minimum atomic E-state index is -0.338. The van der Waals surface area contributed by atoms with Gasteiger partial charge in [0, 0.05) is 15.1 Å². The molecular formula is C14H12Cl3N. The molecule has 0 aliphatic heterocycles. The molecule has 94 valence electrons. The van der Waals surface area contributed by atoms with Crippen LogP contribution in [0, 0.1) is 6.92 Å². The van der Waals surface area contributed by atoms with Crippen molar-refractivity contribution in [1.82, 2.24) is 0 Å². The van der Waals surface area contributed by atoms with E-state index in [1.54, 1.807) is 18.2 Å². The monoisotopic (exact) mass is 299 g/mol. The lowest BCUT2D eigenvalue weighted by Gasteiger charge is -2.17. The van der Waals surface area contributed by atoms with E-state index in [1.807, 2.05) is 25.1 Å². The normalized spacial score (nSPS) is 12.5. The summed E-state index contributed by atoms with van der Waals surface area (Å²) in [5, 5.41) is 1.91. The van der Waals surface area contributed by atoms with E-state index in [9.17, 15) is 0 Å². The van der Waals surface area contributed by atoms with Gasteiger partial charge < -0.3 is 5.73 Å². The van der Waals surface area contributed by atoms with Crippen LogP contribution in [0.15, 0.2) is 36.4 Å². The summed E-state index contributed by atoms with van der Waals surface area (Å²) < 4.78 is 0. The summed E-state index contributed by atoms with van der Waals surface area (Å²) in [6, 6.07) is 10.6. The van der Waals surface area contributed by atoms with Gasteiger partial charge >= 0.3 is 0 Å². The fraction of sp³-hybridized carbons (Fsp3) is 0.143. The molecule has 0 aromatic heterocycles. The Morgan fingerprint density at radius 3 is 2.39 bits per heavy atom. The van der Waals surface area contributed by atoms with Crippen molar-refractivity contribution in [2.75, 3.05) is 0 Å². The predicted octanol–water partition coefficient (Wildman–Crippen LogP) is 5.00. The second-order valence-electron chi connectivity index (χ2n) is 4.10. The molecule has 0 heterocycles. The van der Waals surface area contributed by atoms with Gasteiger partial charge in [0.2, 0.25) is 0 Å². The highest BCUT2D eigenvalue weighted by atomic mass is 35.5. The second kappa shape index (κ2) is 5.50. The second-order valence-corrected chi connectivity index (χ2v) is 5.35. The van der Waals surface area contributed by atoms with E-state index in [-0.39, 0.29) is 6.04 Å². The molecule has 1 atom stereocenters. The Morgan fingerprint density at radius 1 is 0.944 bits per heavy atom. The zero-order valence-electron chi connectivity index (χ0n) is 9.75. The van der Waals surface area contributed by atoms with Crippen LogP contribution in [0.2, 0.25) is 15.1 Å². The molecule has 2 aromatic carbocycles. The minimum Gasteiger partial charge on any atom is -0.320 e. The highest BCUT2D eigenvalue weighted by Gasteiger charge is 2.16. The van der Waals surface area contributed by atoms with E-state index in [0.29, 0.717) is 15.1 Å². The van der Waals surface area contributed by atoms with E-state index in [4.69, 9.17) is 40.5 Å².